The molecule has 1 aromatic carbocycles. The highest BCUT2D eigenvalue weighted by molar-refractivity contribution is 5.77. The van der Waals surface area contributed by atoms with Crippen molar-refractivity contribution in [3.05, 3.63) is 35.9 Å². The summed E-state index contributed by atoms with van der Waals surface area (Å²) in [6, 6.07) is 10.2. The van der Waals surface area contributed by atoms with E-state index < -0.39 is 0 Å². The molecular weight excluding hydrogens is 240 g/mol. The number of benzene rings is 1. The van der Waals surface area contributed by atoms with Crippen LogP contribution in [0.5, 0.6) is 0 Å². The van der Waals surface area contributed by atoms with E-state index >= 15 is 0 Å². The standard InChI is InChI=1S/C15H22N2O2/c1-12(13-6-4-3-5-7-13)8-17-14(18)9-19-15(2)10-16-11-15/h3-7,12,16H,8-11H2,1-2H3,(H,17,18). The molecule has 19 heavy (non-hydrogen) atoms. The molecule has 1 aliphatic heterocycles. The molecule has 1 aliphatic rings. The Hall–Kier alpha value is -1.39. The van der Waals surface area contributed by atoms with E-state index in [2.05, 4.69) is 29.7 Å². The summed E-state index contributed by atoms with van der Waals surface area (Å²) >= 11 is 0. The van der Waals surface area contributed by atoms with Crippen molar-refractivity contribution in [2.24, 2.45) is 0 Å². The van der Waals surface area contributed by atoms with E-state index in [-0.39, 0.29) is 18.1 Å². The molecule has 0 bridgehead atoms. The summed E-state index contributed by atoms with van der Waals surface area (Å²) in [4.78, 5) is 11.7. The van der Waals surface area contributed by atoms with Crippen LogP contribution in [0.3, 0.4) is 0 Å². The van der Waals surface area contributed by atoms with Crippen LogP contribution in [0.1, 0.15) is 25.3 Å². The molecule has 0 aromatic heterocycles. The molecule has 0 spiro atoms. The quantitative estimate of drug-likeness (QED) is 0.812. The third kappa shape index (κ3) is 4.04. The maximum atomic E-state index is 11.7. The predicted octanol–water partition coefficient (Wildman–Crippen LogP) is 1.28. The van der Waals surface area contributed by atoms with E-state index in [0.717, 1.165) is 13.1 Å². The number of ether oxygens (including phenoxy) is 1. The molecule has 4 nitrogen and oxygen atoms in total. The van der Waals surface area contributed by atoms with Gasteiger partial charge in [0.15, 0.2) is 0 Å². The predicted molar refractivity (Wildman–Crippen MR) is 75.1 cm³/mol. The van der Waals surface area contributed by atoms with Gasteiger partial charge in [-0.05, 0) is 18.4 Å². The molecule has 1 unspecified atom stereocenters. The van der Waals surface area contributed by atoms with Crippen molar-refractivity contribution in [1.82, 2.24) is 10.6 Å². The number of hydrogen-bond donors (Lipinski definition) is 2. The molecule has 1 fully saturated rings. The van der Waals surface area contributed by atoms with Gasteiger partial charge < -0.3 is 15.4 Å². The van der Waals surface area contributed by atoms with Crippen LogP contribution in [0.4, 0.5) is 0 Å². The van der Waals surface area contributed by atoms with Crippen molar-refractivity contribution in [1.29, 1.82) is 0 Å². The van der Waals surface area contributed by atoms with Crippen LogP contribution in [0.25, 0.3) is 0 Å². The highest BCUT2D eigenvalue weighted by atomic mass is 16.5. The Morgan fingerprint density at radius 1 is 1.42 bits per heavy atom. The number of carbonyl (C=O) groups is 1. The van der Waals surface area contributed by atoms with Crippen molar-refractivity contribution in [2.75, 3.05) is 26.2 Å². The zero-order chi connectivity index (χ0) is 13.7. The molecule has 1 amide bonds. The first kappa shape index (κ1) is 14.0. The van der Waals surface area contributed by atoms with E-state index in [1.807, 2.05) is 25.1 Å². The Morgan fingerprint density at radius 2 is 2.11 bits per heavy atom. The number of rotatable bonds is 6. The van der Waals surface area contributed by atoms with Crippen LogP contribution in [0, 0.1) is 0 Å². The minimum atomic E-state index is -0.164. The normalized spacial score (nSPS) is 18.4. The summed E-state index contributed by atoms with van der Waals surface area (Å²) in [5.41, 5.74) is 1.07. The second kappa shape index (κ2) is 6.17. The Kier molecular flexibility index (Phi) is 4.56. The summed E-state index contributed by atoms with van der Waals surface area (Å²) < 4.78 is 5.59. The summed E-state index contributed by atoms with van der Waals surface area (Å²) in [5.74, 6) is 0.266. The van der Waals surface area contributed by atoms with Gasteiger partial charge in [0, 0.05) is 19.6 Å². The number of nitrogens with one attached hydrogen (secondary N) is 2. The van der Waals surface area contributed by atoms with Crippen molar-refractivity contribution in [2.45, 2.75) is 25.4 Å². The zero-order valence-corrected chi connectivity index (χ0v) is 11.6. The number of carbonyl (C=O) groups excluding carboxylic acids is 1. The van der Waals surface area contributed by atoms with Crippen LogP contribution in [0.2, 0.25) is 0 Å². The largest absolute Gasteiger partial charge is 0.363 e. The van der Waals surface area contributed by atoms with Crippen molar-refractivity contribution in [3.8, 4) is 0 Å². The lowest BCUT2D eigenvalue weighted by molar-refractivity contribution is -0.135. The summed E-state index contributed by atoms with van der Waals surface area (Å²) in [6.07, 6.45) is 0. The highest BCUT2D eigenvalue weighted by Gasteiger charge is 2.32. The number of hydrogen-bond acceptors (Lipinski definition) is 3. The lowest BCUT2D eigenvalue weighted by Crippen LogP contribution is -2.59. The molecule has 1 saturated heterocycles. The first-order chi connectivity index (χ1) is 9.09. The molecule has 104 valence electrons. The van der Waals surface area contributed by atoms with E-state index in [1.54, 1.807) is 0 Å². The van der Waals surface area contributed by atoms with Gasteiger partial charge in [-0.1, -0.05) is 37.3 Å². The Bertz CT molecular complexity index is 415. The molecule has 1 heterocycles. The van der Waals surface area contributed by atoms with Crippen molar-refractivity contribution < 1.29 is 9.53 Å². The molecule has 0 saturated carbocycles. The fourth-order valence-electron chi connectivity index (χ4n) is 2.04. The number of amides is 1. The molecule has 0 aliphatic carbocycles. The molecule has 4 heteroatoms. The van der Waals surface area contributed by atoms with Gasteiger partial charge >= 0.3 is 0 Å². The monoisotopic (exact) mass is 262 g/mol. The molecule has 0 radical (unpaired) electrons. The van der Waals surface area contributed by atoms with Gasteiger partial charge in [0.25, 0.3) is 0 Å². The van der Waals surface area contributed by atoms with Crippen molar-refractivity contribution >= 4 is 5.91 Å². The lowest BCUT2D eigenvalue weighted by Gasteiger charge is -2.38. The molecule has 1 aromatic rings. The third-order valence-electron chi connectivity index (χ3n) is 3.52. The fraction of sp³-hybridized carbons (Fsp3) is 0.533. The fourth-order valence-corrected chi connectivity index (χ4v) is 2.04. The molecule has 2 rings (SSSR count). The second-order valence-electron chi connectivity index (χ2n) is 5.46. The minimum Gasteiger partial charge on any atom is -0.363 e. The third-order valence-corrected chi connectivity index (χ3v) is 3.52. The second-order valence-corrected chi connectivity index (χ2v) is 5.46. The van der Waals surface area contributed by atoms with Crippen LogP contribution in [-0.2, 0) is 9.53 Å². The lowest BCUT2D eigenvalue weighted by atomic mass is 10.0. The smallest absolute Gasteiger partial charge is 0.246 e. The first-order valence-electron chi connectivity index (χ1n) is 6.75. The average molecular weight is 262 g/mol. The van der Waals surface area contributed by atoms with Gasteiger partial charge in [-0.2, -0.15) is 0 Å². The Morgan fingerprint density at radius 3 is 2.68 bits per heavy atom. The maximum absolute atomic E-state index is 11.7. The van der Waals surface area contributed by atoms with E-state index in [0.29, 0.717) is 12.5 Å². The van der Waals surface area contributed by atoms with E-state index in [4.69, 9.17) is 4.74 Å². The van der Waals surface area contributed by atoms with Gasteiger partial charge in [0.2, 0.25) is 5.91 Å². The Balaban J connectivity index is 1.68. The molecule has 2 N–H and O–H groups in total. The van der Waals surface area contributed by atoms with Crippen LogP contribution in [0.15, 0.2) is 30.3 Å². The van der Waals surface area contributed by atoms with Crippen LogP contribution in [-0.4, -0.2) is 37.7 Å². The zero-order valence-electron chi connectivity index (χ0n) is 11.6. The van der Waals surface area contributed by atoms with Crippen LogP contribution < -0.4 is 10.6 Å². The first-order valence-corrected chi connectivity index (χ1v) is 6.75. The van der Waals surface area contributed by atoms with Gasteiger partial charge in [-0.15, -0.1) is 0 Å². The van der Waals surface area contributed by atoms with Gasteiger partial charge in [-0.3, -0.25) is 4.79 Å². The summed E-state index contributed by atoms with van der Waals surface area (Å²) in [7, 11) is 0. The minimum absolute atomic E-state index is 0.0455. The summed E-state index contributed by atoms with van der Waals surface area (Å²) in [6.45, 7) is 6.54. The summed E-state index contributed by atoms with van der Waals surface area (Å²) in [5, 5.41) is 6.06. The van der Waals surface area contributed by atoms with Gasteiger partial charge in [0.05, 0.1) is 5.60 Å². The van der Waals surface area contributed by atoms with Crippen molar-refractivity contribution in [3.63, 3.8) is 0 Å². The topological polar surface area (TPSA) is 50.4 Å². The van der Waals surface area contributed by atoms with E-state index in [1.165, 1.54) is 5.56 Å². The maximum Gasteiger partial charge on any atom is 0.246 e. The Labute approximate surface area is 114 Å². The van der Waals surface area contributed by atoms with Crippen LogP contribution >= 0.6 is 0 Å². The average Bonchev–Trinajstić information content (AvgIpc) is 2.41. The van der Waals surface area contributed by atoms with Gasteiger partial charge in [-0.25, -0.2) is 0 Å². The molecule has 1 atom stereocenters. The highest BCUT2D eigenvalue weighted by Crippen LogP contribution is 2.15. The SMILES string of the molecule is CC(CNC(=O)COC1(C)CNC1)c1ccccc1. The molecular formula is C15H22N2O2. The van der Waals surface area contributed by atoms with Gasteiger partial charge in [0.1, 0.15) is 6.61 Å². The van der Waals surface area contributed by atoms with E-state index in [9.17, 15) is 4.79 Å².